The molecule has 2 aliphatic carbocycles. The standard InChI is InChI=1S/C11H18N2O2/c1-10(2)6-4-5-11(10,3)8(14)7(6)13-9(12)15/h6-7H,4-5H2,1-3H3,(H3,12,13,15)/t6-,7+,11-/m0/s1. The first-order valence-corrected chi connectivity index (χ1v) is 5.41. The highest BCUT2D eigenvalue weighted by Crippen LogP contribution is 2.63. The Morgan fingerprint density at radius 3 is 2.47 bits per heavy atom. The average Bonchev–Trinajstić information content (AvgIpc) is 2.40. The van der Waals surface area contributed by atoms with Crippen molar-refractivity contribution in [3.05, 3.63) is 0 Å². The average molecular weight is 210 g/mol. The Kier molecular flexibility index (Phi) is 1.91. The van der Waals surface area contributed by atoms with Gasteiger partial charge in [-0.15, -0.1) is 0 Å². The molecule has 4 heteroatoms. The molecule has 84 valence electrons. The molecule has 0 spiro atoms. The molecule has 0 aromatic carbocycles. The van der Waals surface area contributed by atoms with Crippen molar-refractivity contribution in [1.82, 2.24) is 5.32 Å². The van der Waals surface area contributed by atoms with Crippen LogP contribution >= 0.6 is 0 Å². The van der Waals surface area contributed by atoms with Gasteiger partial charge in [-0.2, -0.15) is 0 Å². The Morgan fingerprint density at radius 2 is 2.07 bits per heavy atom. The largest absolute Gasteiger partial charge is 0.352 e. The molecule has 2 rings (SSSR count). The van der Waals surface area contributed by atoms with Crippen LogP contribution in [0.25, 0.3) is 0 Å². The van der Waals surface area contributed by atoms with Crippen LogP contribution in [-0.2, 0) is 4.79 Å². The molecule has 2 aliphatic rings. The zero-order valence-corrected chi connectivity index (χ0v) is 9.46. The molecule has 2 saturated carbocycles. The van der Waals surface area contributed by atoms with Gasteiger partial charge >= 0.3 is 6.03 Å². The van der Waals surface area contributed by atoms with Crippen LogP contribution in [-0.4, -0.2) is 17.9 Å². The highest BCUT2D eigenvalue weighted by atomic mass is 16.2. The fourth-order valence-electron chi connectivity index (χ4n) is 3.41. The lowest BCUT2D eigenvalue weighted by molar-refractivity contribution is -0.129. The van der Waals surface area contributed by atoms with Crippen molar-refractivity contribution in [2.45, 2.75) is 39.7 Å². The summed E-state index contributed by atoms with van der Waals surface area (Å²) in [6.45, 7) is 6.24. The van der Waals surface area contributed by atoms with E-state index in [0.717, 1.165) is 12.8 Å². The Morgan fingerprint density at radius 1 is 1.47 bits per heavy atom. The molecule has 2 bridgehead atoms. The monoisotopic (exact) mass is 210 g/mol. The molecular formula is C11H18N2O2. The number of fused-ring (bicyclic) bond motifs is 2. The van der Waals surface area contributed by atoms with Gasteiger partial charge in [0.15, 0.2) is 5.78 Å². The molecule has 4 nitrogen and oxygen atoms in total. The van der Waals surface area contributed by atoms with E-state index >= 15 is 0 Å². The molecular weight excluding hydrogens is 192 g/mol. The Labute approximate surface area is 89.6 Å². The SMILES string of the molecule is CC1(C)[C@H]2CC[C@@]1(C)C(=O)[C@@H]2NC(N)=O. The summed E-state index contributed by atoms with van der Waals surface area (Å²) in [4.78, 5) is 23.0. The summed E-state index contributed by atoms with van der Waals surface area (Å²) in [7, 11) is 0. The lowest BCUT2D eigenvalue weighted by Gasteiger charge is -2.32. The maximum Gasteiger partial charge on any atom is 0.312 e. The minimum Gasteiger partial charge on any atom is -0.352 e. The molecule has 0 saturated heterocycles. The van der Waals surface area contributed by atoms with Crippen molar-refractivity contribution in [2.75, 3.05) is 0 Å². The number of primary amides is 1. The number of Topliss-reactive ketones (excluding diaryl/α,β-unsaturated/α-hetero) is 1. The lowest BCUT2D eigenvalue weighted by atomic mass is 9.70. The van der Waals surface area contributed by atoms with E-state index in [1.807, 2.05) is 6.92 Å². The van der Waals surface area contributed by atoms with Crippen molar-refractivity contribution < 1.29 is 9.59 Å². The van der Waals surface area contributed by atoms with Crippen LogP contribution in [0.15, 0.2) is 0 Å². The first kappa shape index (κ1) is 10.5. The third kappa shape index (κ3) is 1.08. The van der Waals surface area contributed by atoms with E-state index in [-0.39, 0.29) is 28.6 Å². The van der Waals surface area contributed by atoms with Gasteiger partial charge in [-0.1, -0.05) is 20.8 Å². The minimum atomic E-state index is -0.597. The number of amides is 2. The lowest BCUT2D eigenvalue weighted by Crippen LogP contribution is -2.48. The molecule has 0 aliphatic heterocycles. The first-order chi connectivity index (χ1) is 6.80. The van der Waals surface area contributed by atoms with Gasteiger partial charge in [-0.25, -0.2) is 4.79 Å². The van der Waals surface area contributed by atoms with Crippen molar-refractivity contribution in [1.29, 1.82) is 0 Å². The van der Waals surface area contributed by atoms with Gasteiger partial charge < -0.3 is 11.1 Å². The molecule has 2 amide bonds. The number of nitrogens with one attached hydrogen (secondary N) is 1. The molecule has 3 N–H and O–H groups in total. The van der Waals surface area contributed by atoms with E-state index in [9.17, 15) is 9.59 Å². The fourth-order valence-corrected chi connectivity index (χ4v) is 3.41. The maximum absolute atomic E-state index is 12.2. The third-order valence-corrected chi connectivity index (χ3v) is 4.83. The normalized spacial score (nSPS) is 41.9. The van der Waals surface area contributed by atoms with E-state index in [1.54, 1.807) is 0 Å². The number of hydrogen-bond acceptors (Lipinski definition) is 2. The smallest absolute Gasteiger partial charge is 0.312 e. The highest BCUT2D eigenvalue weighted by Gasteiger charge is 2.66. The van der Waals surface area contributed by atoms with Crippen molar-refractivity contribution in [3.8, 4) is 0 Å². The molecule has 0 aromatic heterocycles. The number of hydrogen-bond donors (Lipinski definition) is 2. The van der Waals surface area contributed by atoms with Crippen molar-refractivity contribution in [2.24, 2.45) is 22.5 Å². The molecule has 15 heavy (non-hydrogen) atoms. The molecule has 3 atom stereocenters. The second-order valence-electron chi connectivity index (χ2n) is 5.55. The predicted molar refractivity (Wildman–Crippen MR) is 56.1 cm³/mol. The number of rotatable bonds is 1. The number of ketones is 1. The fraction of sp³-hybridized carbons (Fsp3) is 0.818. The maximum atomic E-state index is 12.2. The van der Waals surface area contributed by atoms with Gasteiger partial charge in [0.05, 0.1) is 6.04 Å². The van der Waals surface area contributed by atoms with E-state index in [4.69, 9.17) is 5.73 Å². The minimum absolute atomic E-state index is 0.0306. The number of nitrogens with two attached hydrogens (primary N) is 1. The van der Waals surface area contributed by atoms with Gasteiger partial charge in [0.25, 0.3) is 0 Å². The zero-order valence-electron chi connectivity index (χ0n) is 9.46. The predicted octanol–water partition coefficient (Wildman–Crippen LogP) is 1.05. The summed E-state index contributed by atoms with van der Waals surface area (Å²) in [5.74, 6) is 0.394. The Balaban J connectivity index is 2.34. The van der Waals surface area contributed by atoms with E-state index in [1.165, 1.54) is 0 Å². The van der Waals surface area contributed by atoms with Crippen LogP contribution in [0.5, 0.6) is 0 Å². The molecule has 0 unspecified atom stereocenters. The van der Waals surface area contributed by atoms with Gasteiger partial charge in [0.2, 0.25) is 0 Å². The zero-order chi connectivity index (χ0) is 11.4. The van der Waals surface area contributed by atoms with Gasteiger partial charge in [-0.05, 0) is 24.2 Å². The molecule has 2 fully saturated rings. The quantitative estimate of drug-likeness (QED) is 0.679. The van der Waals surface area contributed by atoms with Crippen LogP contribution in [0.2, 0.25) is 0 Å². The highest BCUT2D eigenvalue weighted by molar-refractivity contribution is 5.96. The Hall–Kier alpha value is -1.06. The molecule has 0 radical (unpaired) electrons. The second-order valence-corrected chi connectivity index (χ2v) is 5.55. The third-order valence-electron chi connectivity index (χ3n) is 4.83. The summed E-state index contributed by atoms with van der Waals surface area (Å²) in [6.07, 6.45) is 1.93. The molecule has 0 heterocycles. The summed E-state index contributed by atoms with van der Waals surface area (Å²) in [5.41, 5.74) is 4.78. The van der Waals surface area contributed by atoms with Crippen LogP contribution in [0.4, 0.5) is 4.79 Å². The van der Waals surface area contributed by atoms with Crippen LogP contribution in [0.3, 0.4) is 0 Å². The summed E-state index contributed by atoms with van der Waals surface area (Å²) < 4.78 is 0. The topological polar surface area (TPSA) is 72.2 Å². The summed E-state index contributed by atoms with van der Waals surface area (Å²) >= 11 is 0. The van der Waals surface area contributed by atoms with E-state index in [0.29, 0.717) is 0 Å². The number of carbonyl (C=O) groups is 2. The van der Waals surface area contributed by atoms with Crippen molar-refractivity contribution in [3.63, 3.8) is 0 Å². The van der Waals surface area contributed by atoms with Gasteiger partial charge in [0, 0.05) is 5.41 Å². The number of urea groups is 1. The van der Waals surface area contributed by atoms with E-state index < -0.39 is 6.03 Å². The van der Waals surface area contributed by atoms with Crippen LogP contribution in [0.1, 0.15) is 33.6 Å². The van der Waals surface area contributed by atoms with E-state index in [2.05, 4.69) is 19.2 Å². The van der Waals surface area contributed by atoms with Gasteiger partial charge in [0.1, 0.15) is 0 Å². The first-order valence-electron chi connectivity index (χ1n) is 5.41. The van der Waals surface area contributed by atoms with Gasteiger partial charge in [-0.3, -0.25) is 4.79 Å². The summed E-state index contributed by atoms with van der Waals surface area (Å²) in [6, 6.07) is -0.962. The Bertz CT molecular complexity index is 337. The van der Waals surface area contributed by atoms with Crippen LogP contribution < -0.4 is 11.1 Å². The molecule has 0 aromatic rings. The number of carbonyl (C=O) groups excluding carboxylic acids is 2. The summed E-state index contributed by atoms with van der Waals surface area (Å²) in [5, 5.41) is 2.59. The second kappa shape index (κ2) is 2.74. The van der Waals surface area contributed by atoms with Crippen molar-refractivity contribution >= 4 is 11.8 Å². The van der Waals surface area contributed by atoms with Crippen LogP contribution in [0, 0.1) is 16.7 Å².